The summed E-state index contributed by atoms with van der Waals surface area (Å²) in [5, 5.41) is 11.3. The highest BCUT2D eigenvalue weighted by atomic mass is 16.6. The number of aromatic nitrogens is 3. The number of rotatable bonds is 4. The van der Waals surface area contributed by atoms with E-state index in [2.05, 4.69) is 6.07 Å². The molecule has 0 aliphatic carbocycles. The second-order valence-corrected chi connectivity index (χ2v) is 11.2. The van der Waals surface area contributed by atoms with Crippen LogP contribution in [0.4, 0.5) is 0 Å². The van der Waals surface area contributed by atoms with Crippen LogP contribution >= 0.6 is 0 Å². The molecule has 0 unspecified atom stereocenters. The standard InChI is InChI=1S/C40H22N4O3/c41-23-24-8-6-11-28(20-24)25-16-18-27(19-17-25)39-42-38(26-9-2-1-3-10-26)43-40(44-39)30-13-7-15-33-37(30)47-36-22-34-31(21-35(36)46-33)29-12-4-5-14-32(29)45-34/h1-22H. The van der Waals surface area contributed by atoms with Gasteiger partial charge in [-0.05, 0) is 47.5 Å². The van der Waals surface area contributed by atoms with Gasteiger partial charge in [-0.2, -0.15) is 5.26 Å². The molecule has 0 saturated heterocycles. The van der Waals surface area contributed by atoms with Gasteiger partial charge in [0.1, 0.15) is 11.2 Å². The van der Waals surface area contributed by atoms with Gasteiger partial charge in [-0.1, -0.05) is 91.0 Å². The predicted molar refractivity (Wildman–Crippen MR) is 180 cm³/mol. The van der Waals surface area contributed by atoms with Crippen LogP contribution in [0.2, 0.25) is 0 Å². The second-order valence-electron chi connectivity index (χ2n) is 11.2. The van der Waals surface area contributed by atoms with Gasteiger partial charge in [0, 0.05) is 28.0 Å². The molecule has 8 aromatic rings. The van der Waals surface area contributed by atoms with Crippen LogP contribution in [0.1, 0.15) is 5.56 Å². The second kappa shape index (κ2) is 10.7. The molecule has 0 N–H and O–H groups in total. The van der Waals surface area contributed by atoms with E-state index >= 15 is 0 Å². The molecule has 1 aliphatic rings. The summed E-state index contributed by atoms with van der Waals surface area (Å²) in [4.78, 5) is 14.8. The number of nitriles is 1. The normalized spacial score (nSPS) is 11.7. The van der Waals surface area contributed by atoms with Gasteiger partial charge >= 0.3 is 0 Å². The molecule has 2 aromatic heterocycles. The summed E-state index contributed by atoms with van der Waals surface area (Å²) >= 11 is 0. The third-order valence-corrected chi connectivity index (χ3v) is 8.23. The maximum Gasteiger partial charge on any atom is 0.181 e. The average molecular weight is 607 g/mol. The minimum Gasteiger partial charge on any atom is -0.456 e. The molecule has 1 aliphatic heterocycles. The fourth-order valence-electron chi connectivity index (χ4n) is 5.92. The molecule has 0 saturated carbocycles. The van der Waals surface area contributed by atoms with E-state index in [4.69, 9.17) is 28.8 Å². The van der Waals surface area contributed by atoms with Crippen molar-refractivity contribution in [1.29, 1.82) is 5.26 Å². The van der Waals surface area contributed by atoms with E-state index in [0.29, 0.717) is 57.2 Å². The predicted octanol–water partition coefficient (Wildman–Crippen LogP) is 10.2. The Labute approximate surface area is 269 Å². The summed E-state index contributed by atoms with van der Waals surface area (Å²) in [7, 11) is 0. The average Bonchev–Trinajstić information content (AvgIpc) is 3.50. The Balaban J connectivity index is 1.15. The molecular weight excluding hydrogens is 584 g/mol. The topological polar surface area (TPSA) is 94.1 Å². The quantitative estimate of drug-likeness (QED) is 0.197. The lowest BCUT2D eigenvalue weighted by Crippen LogP contribution is -2.04. The van der Waals surface area contributed by atoms with Crippen LogP contribution in [-0.2, 0) is 0 Å². The van der Waals surface area contributed by atoms with Crippen molar-refractivity contribution in [3.05, 3.63) is 139 Å². The number of furan rings is 1. The number of para-hydroxylation sites is 2. The molecule has 7 heteroatoms. The molecule has 220 valence electrons. The largest absolute Gasteiger partial charge is 0.456 e. The third kappa shape index (κ3) is 4.64. The minimum atomic E-state index is 0.452. The Morgan fingerprint density at radius 2 is 1.15 bits per heavy atom. The van der Waals surface area contributed by atoms with Crippen molar-refractivity contribution in [1.82, 2.24) is 15.0 Å². The number of hydrogen-bond donors (Lipinski definition) is 0. The van der Waals surface area contributed by atoms with E-state index in [-0.39, 0.29) is 0 Å². The van der Waals surface area contributed by atoms with Crippen LogP contribution in [0.25, 0.3) is 67.2 Å². The Morgan fingerprint density at radius 1 is 0.468 bits per heavy atom. The van der Waals surface area contributed by atoms with Crippen LogP contribution in [0, 0.1) is 11.3 Å². The zero-order valence-corrected chi connectivity index (χ0v) is 24.7. The van der Waals surface area contributed by atoms with E-state index in [9.17, 15) is 5.26 Å². The summed E-state index contributed by atoms with van der Waals surface area (Å²) in [5.41, 5.74) is 6.44. The third-order valence-electron chi connectivity index (χ3n) is 8.23. The van der Waals surface area contributed by atoms with Crippen molar-refractivity contribution in [3.63, 3.8) is 0 Å². The fourth-order valence-corrected chi connectivity index (χ4v) is 5.92. The van der Waals surface area contributed by atoms with Gasteiger partial charge < -0.3 is 13.9 Å². The maximum absolute atomic E-state index is 9.34. The minimum absolute atomic E-state index is 0.452. The van der Waals surface area contributed by atoms with Gasteiger partial charge in [0.05, 0.1) is 17.2 Å². The van der Waals surface area contributed by atoms with Gasteiger partial charge in [-0.25, -0.2) is 15.0 Å². The first-order valence-corrected chi connectivity index (χ1v) is 15.1. The molecule has 7 nitrogen and oxygen atoms in total. The van der Waals surface area contributed by atoms with Crippen molar-refractivity contribution in [3.8, 4) is 74.4 Å². The van der Waals surface area contributed by atoms with Gasteiger partial charge in [0.15, 0.2) is 40.5 Å². The number of ether oxygens (including phenoxy) is 2. The molecular formula is C40H22N4O3. The van der Waals surface area contributed by atoms with E-state index in [1.165, 1.54) is 0 Å². The van der Waals surface area contributed by atoms with Crippen LogP contribution in [0.15, 0.2) is 138 Å². The summed E-state index contributed by atoms with van der Waals surface area (Å²) in [6, 6.07) is 45.0. The molecule has 0 atom stereocenters. The van der Waals surface area contributed by atoms with Crippen molar-refractivity contribution >= 4 is 21.9 Å². The summed E-state index contributed by atoms with van der Waals surface area (Å²) in [6.07, 6.45) is 0. The van der Waals surface area contributed by atoms with E-state index in [1.807, 2.05) is 127 Å². The van der Waals surface area contributed by atoms with E-state index in [0.717, 1.165) is 38.6 Å². The van der Waals surface area contributed by atoms with E-state index < -0.39 is 0 Å². The number of benzene rings is 6. The number of hydrogen-bond acceptors (Lipinski definition) is 7. The van der Waals surface area contributed by atoms with Crippen LogP contribution in [0.3, 0.4) is 0 Å². The van der Waals surface area contributed by atoms with Crippen LogP contribution in [0.5, 0.6) is 23.0 Å². The highest BCUT2D eigenvalue weighted by Gasteiger charge is 2.26. The van der Waals surface area contributed by atoms with Crippen molar-refractivity contribution in [2.45, 2.75) is 0 Å². The van der Waals surface area contributed by atoms with Crippen molar-refractivity contribution < 1.29 is 13.9 Å². The molecule has 0 spiro atoms. The Morgan fingerprint density at radius 3 is 1.98 bits per heavy atom. The van der Waals surface area contributed by atoms with Gasteiger partial charge in [0.25, 0.3) is 0 Å². The molecule has 0 amide bonds. The lowest BCUT2D eigenvalue weighted by Gasteiger charge is -2.22. The zero-order valence-electron chi connectivity index (χ0n) is 24.7. The van der Waals surface area contributed by atoms with Gasteiger partial charge in [0.2, 0.25) is 0 Å². The molecule has 3 heterocycles. The molecule has 6 aromatic carbocycles. The van der Waals surface area contributed by atoms with Crippen LogP contribution < -0.4 is 9.47 Å². The summed E-state index contributed by atoms with van der Waals surface area (Å²) in [6.45, 7) is 0. The highest BCUT2D eigenvalue weighted by Crippen LogP contribution is 2.51. The molecule has 47 heavy (non-hydrogen) atoms. The monoisotopic (exact) mass is 606 g/mol. The molecule has 0 bridgehead atoms. The smallest absolute Gasteiger partial charge is 0.181 e. The van der Waals surface area contributed by atoms with E-state index in [1.54, 1.807) is 6.07 Å². The lowest BCUT2D eigenvalue weighted by molar-refractivity contribution is 0.361. The molecule has 0 fully saturated rings. The first kappa shape index (κ1) is 26.6. The summed E-state index contributed by atoms with van der Waals surface area (Å²) < 4.78 is 19.1. The first-order chi connectivity index (χ1) is 23.2. The van der Waals surface area contributed by atoms with Crippen LogP contribution in [-0.4, -0.2) is 15.0 Å². The Bertz CT molecular complexity index is 2530. The number of fused-ring (bicyclic) bond motifs is 5. The highest BCUT2D eigenvalue weighted by molar-refractivity contribution is 6.06. The maximum atomic E-state index is 9.34. The van der Waals surface area contributed by atoms with Gasteiger partial charge in [-0.15, -0.1) is 0 Å². The zero-order chi connectivity index (χ0) is 31.3. The first-order valence-electron chi connectivity index (χ1n) is 15.1. The lowest BCUT2D eigenvalue weighted by atomic mass is 10.0. The fraction of sp³-hybridized carbons (Fsp3) is 0. The Kier molecular flexibility index (Phi) is 6.05. The number of nitrogens with zero attached hydrogens (tertiary/aromatic N) is 4. The van der Waals surface area contributed by atoms with Gasteiger partial charge in [-0.3, -0.25) is 0 Å². The molecule has 0 radical (unpaired) electrons. The SMILES string of the molecule is N#Cc1cccc(-c2ccc(-c3nc(-c4ccccc4)nc(-c4cccc5c4Oc4cc6oc7ccccc7c6cc4O5)n3)cc2)c1. The van der Waals surface area contributed by atoms with Crippen molar-refractivity contribution in [2.24, 2.45) is 0 Å². The summed E-state index contributed by atoms with van der Waals surface area (Å²) in [5.74, 6) is 3.74. The Hall–Kier alpha value is -6.78. The van der Waals surface area contributed by atoms with Crippen molar-refractivity contribution in [2.75, 3.05) is 0 Å². The molecule has 9 rings (SSSR count).